The maximum Gasteiger partial charge on any atom is 0.254 e. The van der Waals surface area contributed by atoms with Crippen molar-refractivity contribution in [2.45, 2.75) is 20.0 Å². The third-order valence-electron chi connectivity index (χ3n) is 4.88. The van der Waals surface area contributed by atoms with Gasteiger partial charge in [0.15, 0.2) is 5.65 Å². The molecule has 0 aliphatic carbocycles. The van der Waals surface area contributed by atoms with Gasteiger partial charge in [-0.05, 0) is 19.1 Å². The highest BCUT2D eigenvalue weighted by molar-refractivity contribution is 6.06. The summed E-state index contributed by atoms with van der Waals surface area (Å²) in [5.41, 5.74) is 4.03. The Labute approximate surface area is 163 Å². The van der Waals surface area contributed by atoms with Crippen LogP contribution in [0.4, 0.5) is 0 Å². The SMILES string of the molecule is CCn1ncc2c(C(=O)N(C)Cc3ccnn3C)cc(-c3ccccc3)nc21. The van der Waals surface area contributed by atoms with E-state index in [9.17, 15) is 4.79 Å². The van der Waals surface area contributed by atoms with E-state index >= 15 is 0 Å². The van der Waals surface area contributed by atoms with Gasteiger partial charge in [0.25, 0.3) is 5.91 Å². The van der Waals surface area contributed by atoms with Crippen molar-refractivity contribution in [1.82, 2.24) is 29.4 Å². The van der Waals surface area contributed by atoms with Gasteiger partial charge >= 0.3 is 0 Å². The van der Waals surface area contributed by atoms with Gasteiger partial charge in [0, 0.05) is 32.4 Å². The number of benzene rings is 1. The normalized spacial score (nSPS) is 11.1. The minimum Gasteiger partial charge on any atom is -0.336 e. The number of hydrogen-bond donors (Lipinski definition) is 0. The second-order valence-corrected chi connectivity index (χ2v) is 6.73. The number of amides is 1. The summed E-state index contributed by atoms with van der Waals surface area (Å²) in [4.78, 5) is 19.8. The van der Waals surface area contributed by atoms with E-state index in [1.54, 1.807) is 29.0 Å². The maximum absolute atomic E-state index is 13.3. The third-order valence-corrected chi connectivity index (χ3v) is 4.88. The number of rotatable bonds is 5. The number of carbonyl (C=O) groups is 1. The van der Waals surface area contributed by atoms with Gasteiger partial charge in [-0.1, -0.05) is 30.3 Å². The Morgan fingerprint density at radius 3 is 2.61 bits per heavy atom. The van der Waals surface area contributed by atoms with Gasteiger partial charge in [-0.25, -0.2) is 9.67 Å². The summed E-state index contributed by atoms with van der Waals surface area (Å²) in [5, 5.41) is 9.35. The van der Waals surface area contributed by atoms with E-state index in [4.69, 9.17) is 4.98 Å². The molecule has 7 nitrogen and oxygen atoms in total. The zero-order valence-corrected chi connectivity index (χ0v) is 16.2. The first-order valence-corrected chi connectivity index (χ1v) is 9.22. The summed E-state index contributed by atoms with van der Waals surface area (Å²) in [6.45, 7) is 3.17. The van der Waals surface area contributed by atoms with Gasteiger partial charge in [-0.3, -0.25) is 9.48 Å². The molecule has 0 aliphatic heterocycles. The molecule has 3 aromatic heterocycles. The Kier molecular flexibility index (Phi) is 4.65. The molecule has 4 aromatic rings. The fourth-order valence-electron chi connectivity index (χ4n) is 3.29. The van der Waals surface area contributed by atoms with Gasteiger partial charge in [0.1, 0.15) is 0 Å². The first kappa shape index (κ1) is 17.9. The van der Waals surface area contributed by atoms with Crippen molar-refractivity contribution >= 4 is 16.9 Å². The molecule has 3 heterocycles. The predicted molar refractivity (Wildman–Crippen MR) is 108 cm³/mol. The van der Waals surface area contributed by atoms with E-state index in [1.807, 2.05) is 61.1 Å². The number of hydrogen-bond acceptors (Lipinski definition) is 4. The number of aromatic nitrogens is 5. The second kappa shape index (κ2) is 7.26. The summed E-state index contributed by atoms with van der Waals surface area (Å²) in [5.74, 6) is -0.0681. The molecule has 0 spiro atoms. The molecule has 142 valence electrons. The summed E-state index contributed by atoms with van der Waals surface area (Å²) in [6, 6.07) is 13.7. The van der Waals surface area contributed by atoms with Crippen LogP contribution in [-0.4, -0.2) is 42.4 Å². The smallest absolute Gasteiger partial charge is 0.254 e. The van der Waals surface area contributed by atoms with Crippen molar-refractivity contribution in [2.24, 2.45) is 7.05 Å². The lowest BCUT2D eigenvalue weighted by atomic mass is 10.1. The average Bonchev–Trinajstić information content (AvgIpc) is 3.33. The van der Waals surface area contributed by atoms with E-state index in [1.165, 1.54) is 0 Å². The van der Waals surface area contributed by atoms with Crippen LogP contribution in [-0.2, 0) is 20.1 Å². The Morgan fingerprint density at radius 1 is 1.14 bits per heavy atom. The van der Waals surface area contributed by atoms with Crippen molar-refractivity contribution in [2.75, 3.05) is 7.05 Å². The Morgan fingerprint density at radius 2 is 1.93 bits per heavy atom. The second-order valence-electron chi connectivity index (χ2n) is 6.73. The Balaban J connectivity index is 1.79. The lowest BCUT2D eigenvalue weighted by molar-refractivity contribution is 0.0784. The van der Waals surface area contributed by atoms with E-state index in [-0.39, 0.29) is 5.91 Å². The van der Waals surface area contributed by atoms with Crippen LogP contribution < -0.4 is 0 Å². The molecular formula is C21H22N6O. The molecule has 28 heavy (non-hydrogen) atoms. The molecule has 0 radical (unpaired) electrons. The summed E-state index contributed by atoms with van der Waals surface area (Å²) in [7, 11) is 3.67. The molecular weight excluding hydrogens is 352 g/mol. The average molecular weight is 374 g/mol. The highest BCUT2D eigenvalue weighted by atomic mass is 16.2. The summed E-state index contributed by atoms with van der Waals surface area (Å²) in [6.07, 6.45) is 3.46. The minimum absolute atomic E-state index is 0.0681. The largest absolute Gasteiger partial charge is 0.336 e. The molecule has 1 amide bonds. The van der Waals surface area contributed by atoms with Gasteiger partial charge in [0.05, 0.1) is 35.1 Å². The van der Waals surface area contributed by atoms with Crippen LogP contribution in [0.1, 0.15) is 23.0 Å². The first-order chi connectivity index (χ1) is 13.6. The zero-order chi connectivity index (χ0) is 19.7. The van der Waals surface area contributed by atoms with E-state index in [0.717, 1.165) is 28.0 Å². The molecule has 4 rings (SSSR count). The van der Waals surface area contributed by atoms with Gasteiger partial charge in [0.2, 0.25) is 0 Å². The molecule has 7 heteroatoms. The maximum atomic E-state index is 13.3. The van der Waals surface area contributed by atoms with E-state index < -0.39 is 0 Å². The standard InChI is InChI=1S/C21H22N6O/c1-4-27-20-18(13-23-27)17(12-19(24-20)15-8-6-5-7-9-15)21(28)25(2)14-16-10-11-22-26(16)3/h5-13H,4,14H2,1-3H3. The molecule has 0 atom stereocenters. The van der Waals surface area contributed by atoms with Crippen molar-refractivity contribution in [3.63, 3.8) is 0 Å². The molecule has 0 N–H and O–H groups in total. The quantitative estimate of drug-likeness (QED) is 0.538. The number of fused-ring (bicyclic) bond motifs is 1. The molecule has 0 saturated carbocycles. The van der Waals surface area contributed by atoms with E-state index in [2.05, 4.69) is 10.2 Å². The van der Waals surface area contributed by atoms with Crippen LogP contribution in [0.5, 0.6) is 0 Å². The number of aryl methyl sites for hydroxylation is 2. The van der Waals surface area contributed by atoms with Crippen LogP contribution in [0.3, 0.4) is 0 Å². The lowest BCUT2D eigenvalue weighted by Gasteiger charge is -2.18. The Bertz CT molecular complexity index is 1130. The molecule has 1 aromatic carbocycles. The van der Waals surface area contributed by atoms with Crippen molar-refractivity contribution in [3.8, 4) is 11.3 Å². The molecule has 0 bridgehead atoms. The molecule has 0 saturated heterocycles. The first-order valence-electron chi connectivity index (χ1n) is 9.22. The molecule has 0 aliphatic rings. The van der Waals surface area contributed by atoms with Crippen LogP contribution in [0.15, 0.2) is 54.9 Å². The van der Waals surface area contributed by atoms with Crippen LogP contribution in [0.2, 0.25) is 0 Å². The number of pyridine rings is 1. The summed E-state index contributed by atoms with van der Waals surface area (Å²) >= 11 is 0. The highest BCUT2D eigenvalue weighted by Crippen LogP contribution is 2.26. The van der Waals surface area contributed by atoms with E-state index in [0.29, 0.717) is 18.7 Å². The molecule has 0 unspecified atom stereocenters. The lowest BCUT2D eigenvalue weighted by Crippen LogP contribution is -2.27. The Hall–Kier alpha value is -3.48. The topological polar surface area (TPSA) is 68.8 Å². The monoisotopic (exact) mass is 374 g/mol. The van der Waals surface area contributed by atoms with Gasteiger partial charge < -0.3 is 4.90 Å². The van der Waals surface area contributed by atoms with Gasteiger partial charge in [-0.2, -0.15) is 10.2 Å². The van der Waals surface area contributed by atoms with Gasteiger partial charge in [-0.15, -0.1) is 0 Å². The van der Waals surface area contributed by atoms with Crippen molar-refractivity contribution in [1.29, 1.82) is 0 Å². The zero-order valence-electron chi connectivity index (χ0n) is 16.2. The highest BCUT2D eigenvalue weighted by Gasteiger charge is 2.20. The molecule has 0 fully saturated rings. The number of carbonyl (C=O) groups excluding carboxylic acids is 1. The third kappa shape index (κ3) is 3.15. The number of nitrogens with zero attached hydrogens (tertiary/aromatic N) is 6. The fraction of sp³-hybridized carbons (Fsp3) is 0.238. The van der Waals surface area contributed by atoms with Crippen LogP contribution >= 0.6 is 0 Å². The fourth-order valence-corrected chi connectivity index (χ4v) is 3.29. The van der Waals surface area contributed by atoms with Crippen LogP contribution in [0, 0.1) is 0 Å². The summed E-state index contributed by atoms with van der Waals surface area (Å²) < 4.78 is 3.59. The van der Waals surface area contributed by atoms with Crippen molar-refractivity contribution in [3.05, 3.63) is 66.1 Å². The minimum atomic E-state index is -0.0681. The predicted octanol–water partition coefficient (Wildman–Crippen LogP) is 3.12. The van der Waals surface area contributed by atoms with Crippen molar-refractivity contribution < 1.29 is 4.79 Å². The van der Waals surface area contributed by atoms with Crippen LogP contribution in [0.25, 0.3) is 22.3 Å².